The molecule has 0 spiro atoms. The fourth-order valence-corrected chi connectivity index (χ4v) is 2.27. The molecule has 1 saturated heterocycles. The summed E-state index contributed by atoms with van der Waals surface area (Å²) in [5.74, 6) is 0.106. The minimum atomic E-state index is -0.413. The summed E-state index contributed by atoms with van der Waals surface area (Å²) in [4.78, 5) is 11.0. The molecule has 0 aromatic heterocycles. The van der Waals surface area contributed by atoms with E-state index in [-0.39, 0.29) is 37.2 Å². The van der Waals surface area contributed by atoms with Gasteiger partial charge in [0.2, 0.25) is 5.91 Å². The van der Waals surface area contributed by atoms with E-state index in [0.29, 0.717) is 0 Å². The number of ether oxygens (including phenoxy) is 1. The average Bonchev–Trinajstić information content (AvgIpc) is 2.27. The number of rotatable bonds is 4. The largest absolute Gasteiger partial charge is 0.394 e. The van der Waals surface area contributed by atoms with E-state index < -0.39 is 6.10 Å². The van der Waals surface area contributed by atoms with Crippen molar-refractivity contribution in [2.24, 2.45) is 5.92 Å². The van der Waals surface area contributed by atoms with Gasteiger partial charge in [0.15, 0.2) is 0 Å². The van der Waals surface area contributed by atoms with Gasteiger partial charge in [-0.1, -0.05) is 13.3 Å². The van der Waals surface area contributed by atoms with Gasteiger partial charge in [0.05, 0.1) is 25.4 Å². The number of carbonyl (C=O) groups is 1. The van der Waals surface area contributed by atoms with Crippen LogP contribution < -0.4 is 5.32 Å². The summed E-state index contributed by atoms with van der Waals surface area (Å²) in [6.07, 6.45) is 0.988. The fraction of sp³-hybridized carbons (Fsp3) is 0.909. The van der Waals surface area contributed by atoms with Gasteiger partial charge in [0.1, 0.15) is 6.10 Å². The molecule has 3 N–H and O–H groups in total. The SMILES string of the molecule is CC[C@H]1C[C@H](NC(C)=O)[C@H](CO)OC1CO. The van der Waals surface area contributed by atoms with E-state index in [4.69, 9.17) is 4.74 Å². The van der Waals surface area contributed by atoms with E-state index in [0.717, 1.165) is 12.8 Å². The molecule has 16 heavy (non-hydrogen) atoms. The second-order valence-electron chi connectivity index (χ2n) is 4.29. The van der Waals surface area contributed by atoms with Gasteiger partial charge >= 0.3 is 0 Å². The molecule has 0 aromatic carbocycles. The molecule has 1 amide bonds. The molecule has 4 atom stereocenters. The van der Waals surface area contributed by atoms with E-state index in [1.807, 2.05) is 6.92 Å². The summed E-state index contributed by atoms with van der Waals surface area (Å²) in [6, 6.07) is -0.157. The van der Waals surface area contributed by atoms with E-state index in [1.54, 1.807) is 0 Å². The highest BCUT2D eigenvalue weighted by molar-refractivity contribution is 5.73. The third-order valence-electron chi connectivity index (χ3n) is 3.15. The highest BCUT2D eigenvalue weighted by Gasteiger charge is 2.36. The number of hydrogen-bond acceptors (Lipinski definition) is 4. The molecule has 0 radical (unpaired) electrons. The van der Waals surface area contributed by atoms with Crippen molar-refractivity contribution < 1.29 is 19.7 Å². The van der Waals surface area contributed by atoms with Crippen molar-refractivity contribution in [3.63, 3.8) is 0 Å². The highest BCUT2D eigenvalue weighted by Crippen LogP contribution is 2.27. The number of hydrogen-bond donors (Lipinski definition) is 3. The predicted octanol–water partition coefficient (Wildman–Crippen LogP) is -0.341. The van der Waals surface area contributed by atoms with Gasteiger partial charge < -0.3 is 20.3 Å². The first-order valence-electron chi connectivity index (χ1n) is 5.76. The van der Waals surface area contributed by atoms with Crippen LogP contribution in [0.4, 0.5) is 0 Å². The maximum atomic E-state index is 11.0. The summed E-state index contributed by atoms with van der Waals surface area (Å²) in [6.45, 7) is 3.30. The Labute approximate surface area is 95.8 Å². The molecule has 5 heteroatoms. The van der Waals surface area contributed by atoms with Gasteiger partial charge in [-0.15, -0.1) is 0 Å². The van der Waals surface area contributed by atoms with Crippen molar-refractivity contribution in [3.05, 3.63) is 0 Å². The maximum Gasteiger partial charge on any atom is 0.217 e. The number of nitrogens with one attached hydrogen (secondary N) is 1. The molecule has 5 nitrogen and oxygen atoms in total. The molecule has 0 saturated carbocycles. The number of aliphatic hydroxyl groups is 2. The molecule has 94 valence electrons. The Kier molecular flexibility index (Phi) is 5.18. The smallest absolute Gasteiger partial charge is 0.217 e. The third-order valence-corrected chi connectivity index (χ3v) is 3.15. The van der Waals surface area contributed by atoms with Crippen LogP contribution in [0.25, 0.3) is 0 Å². The van der Waals surface area contributed by atoms with Gasteiger partial charge in [-0.3, -0.25) is 4.79 Å². The number of amides is 1. The van der Waals surface area contributed by atoms with E-state index in [2.05, 4.69) is 5.32 Å². The molecule has 1 unspecified atom stereocenters. The minimum absolute atomic E-state index is 0.0399. The first-order valence-corrected chi connectivity index (χ1v) is 5.76. The topological polar surface area (TPSA) is 78.8 Å². The molecular weight excluding hydrogens is 210 g/mol. The summed E-state index contributed by atoms with van der Waals surface area (Å²) < 4.78 is 5.59. The van der Waals surface area contributed by atoms with Crippen LogP contribution in [0.15, 0.2) is 0 Å². The molecule has 0 aromatic rings. The van der Waals surface area contributed by atoms with Crippen LogP contribution in [0, 0.1) is 5.92 Å². The van der Waals surface area contributed by atoms with Crippen LogP contribution in [0.2, 0.25) is 0 Å². The van der Waals surface area contributed by atoms with Gasteiger partial charge in [-0.25, -0.2) is 0 Å². The van der Waals surface area contributed by atoms with Gasteiger partial charge in [-0.05, 0) is 12.3 Å². The molecule has 0 bridgehead atoms. The Morgan fingerprint density at radius 2 is 2.00 bits per heavy atom. The van der Waals surface area contributed by atoms with Crippen molar-refractivity contribution in [2.45, 2.75) is 44.9 Å². The van der Waals surface area contributed by atoms with Crippen molar-refractivity contribution in [3.8, 4) is 0 Å². The van der Waals surface area contributed by atoms with Crippen LogP contribution >= 0.6 is 0 Å². The van der Waals surface area contributed by atoms with E-state index in [1.165, 1.54) is 6.92 Å². The summed E-state index contributed by atoms with van der Waals surface area (Å²) in [7, 11) is 0. The van der Waals surface area contributed by atoms with Crippen molar-refractivity contribution in [1.82, 2.24) is 5.32 Å². The molecular formula is C11H21NO4. The van der Waals surface area contributed by atoms with E-state index in [9.17, 15) is 15.0 Å². The van der Waals surface area contributed by atoms with E-state index >= 15 is 0 Å². The lowest BCUT2D eigenvalue weighted by Crippen LogP contribution is -2.54. The Morgan fingerprint density at radius 1 is 1.38 bits per heavy atom. The van der Waals surface area contributed by atoms with Crippen molar-refractivity contribution in [2.75, 3.05) is 13.2 Å². The molecule has 1 heterocycles. The predicted molar refractivity (Wildman–Crippen MR) is 58.8 cm³/mol. The highest BCUT2D eigenvalue weighted by atomic mass is 16.5. The first kappa shape index (κ1) is 13.4. The van der Waals surface area contributed by atoms with Gasteiger partial charge in [0, 0.05) is 6.92 Å². The first-order chi connectivity index (χ1) is 7.62. The lowest BCUT2D eigenvalue weighted by atomic mass is 9.86. The lowest BCUT2D eigenvalue weighted by Gasteiger charge is -2.40. The standard InChI is InChI=1S/C11H21NO4/c1-3-8-4-9(12-7(2)15)11(6-14)16-10(8)5-13/h8-11,13-14H,3-6H2,1-2H3,(H,12,15)/t8-,9-,10?,11-/m0/s1. The van der Waals surface area contributed by atoms with Gasteiger partial charge in [-0.2, -0.15) is 0 Å². The Bertz CT molecular complexity index is 234. The van der Waals surface area contributed by atoms with Crippen molar-refractivity contribution >= 4 is 5.91 Å². The Hall–Kier alpha value is -0.650. The van der Waals surface area contributed by atoms with Gasteiger partial charge in [0.25, 0.3) is 0 Å². The molecule has 1 aliphatic heterocycles. The minimum Gasteiger partial charge on any atom is -0.394 e. The molecule has 0 aliphatic carbocycles. The van der Waals surface area contributed by atoms with Crippen LogP contribution in [-0.2, 0) is 9.53 Å². The zero-order valence-electron chi connectivity index (χ0n) is 9.85. The molecule has 1 fully saturated rings. The molecule has 1 rings (SSSR count). The zero-order valence-corrected chi connectivity index (χ0v) is 9.85. The summed E-state index contributed by atoms with van der Waals surface area (Å²) in [5.41, 5.74) is 0. The fourth-order valence-electron chi connectivity index (χ4n) is 2.27. The second kappa shape index (κ2) is 6.18. The number of aliphatic hydroxyl groups excluding tert-OH is 2. The second-order valence-corrected chi connectivity index (χ2v) is 4.29. The quantitative estimate of drug-likeness (QED) is 0.618. The Balaban J connectivity index is 2.66. The third kappa shape index (κ3) is 3.17. The maximum absolute atomic E-state index is 11.0. The number of carbonyl (C=O) groups excluding carboxylic acids is 1. The zero-order chi connectivity index (χ0) is 12.1. The van der Waals surface area contributed by atoms with Crippen LogP contribution in [-0.4, -0.2) is 47.6 Å². The summed E-state index contributed by atoms with van der Waals surface area (Å²) >= 11 is 0. The summed E-state index contributed by atoms with van der Waals surface area (Å²) in [5, 5.41) is 21.2. The van der Waals surface area contributed by atoms with Crippen LogP contribution in [0.3, 0.4) is 0 Å². The lowest BCUT2D eigenvalue weighted by molar-refractivity contribution is -0.141. The monoisotopic (exact) mass is 231 g/mol. The molecule has 1 aliphatic rings. The van der Waals surface area contributed by atoms with Crippen molar-refractivity contribution in [1.29, 1.82) is 0 Å². The Morgan fingerprint density at radius 3 is 2.44 bits per heavy atom. The average molecular weight is 231 g/mol. The normalized spacial score (nSPS) is 34.8. The van der Waals surface area contributed by atoms with Crippen LogP contribution in [0.5, 0.6) is 0 Å². The van der Waals surface area contributed by atoms with Crippen LogP contribution in [0.1, 0.15) is 26.7 Å².